The number of ether oxygens (including phenoxy) is 1. The third-order valence-corrected chi connectivity index (χ3v) is 24.2. The number of aromatic nitrogens is 3. The number of primary amides is 2. The number of hydrogen-bond acceptors (Lipinski definition) is 26. The number of carboxylic acid groups (broad SMARTS) is 1. The van der Waals surface area contributed by atoms with E-state index in [1.807, 2.05) is 23.6 Å². The summed E-state index contributed by atoms with van der Waals surface area (Å²) in [4.78, 5) is 211. The van der Waals surface area contributed by atoms with E-state index in [2.05, 4.69) is 69.1 Å². The van der Waals surface area contributed by atoms with Crippen molar-refractivity contribution < 1.29 is 81.7 Å². The summed E-state index contributed by atoms with van der Waals surface area (Å²) in [6.07, 6.45) is 3.43. The van der Waals surface area contributed by atoms with Gasteiger partial charge in [-0.3, -0.25) is 67.7 Å². The monoisotopic (exact) mass is 1830 g/mol. The molecule has 6 heterocycles. The number of carboxylic acids is 1. The summed E-state index contributed by atoms with van der Waals surface area (Å²) < 4.78 is 12.3. The molecule has 0 bridgehead atoms. The molecule has 6 atom stereocenters. The first kappa shape index (κ1) is 95.7. The number of guanidine groups is 1. The van der Waals surface area contributed by atoms with Gasteiger partial charge in [-0.15, -0.1) is 0 Å². The standard InChI is InChI=1S/C93H107N23O18/c1-5-47(3)77-87(129)106-67(10-7-8-30-94)85(127)108-69-36-51(79(95)121)12-14-53(69)43-100-66-24-17-55(39-64(66)83(125)110-77)103-74(119)44-101-81(123)49-26-32-115(33-27-49)92-112-91(105-57-16-21-60(63(38-57)89(131)132)76-61-22-19-58(117)41-72(61)134-73-42-59(118)20-23-62(73)76)113-93(114-92)116-34-28-50(29-35-116)82(124)102-45-75(120)104-56-18-25-71-65(40-56)84(126)111-78(48(4)6-2)88(130)107-68(11-9-31-99-90(97)98)86(128)109-70-37-52(80(96)122)13-15-54(70)46-133-71/h12-25,36-42,47-50,67-68,77-78,100,117H,5-11,26-35,43-46,94H2,1-4H3,(H2,95,121)(H2,96,122)(H,101,123)(H,102,124)(H,103,119)(H,104,120)(H,106,129)(H,107,130)(H,108,127)(H,109,128)(H,110,125)(H,111,126)(H,131,132)(H4,97,98,99)(H,105,112,113,114)/t47-,48-,67-,68-,77-,78-/m0/s1. The maximum atomic E-state index is 14.6. The molecule has 7 aromatic rings. The average molecular weight is 1840 g/mol. The highest BCUT2D eigenvalue weighted by atomic mass is 16.5. The van der Waals surface area contributed by atoms with E-state index >= 15 is 0 Å². The summed E-state index contributed by atoms with van der Waals surface area (Å²) in [7, 11) is 0. The lowest BCUT2D eigenvalue weighted by molar-refractivity contribution is -0.128. The normalized spacial score (nSPS) is 17.4. The van der Waals surface area contributed by atoms with Gasteiger partial charge in [0.2, 0.25) is 76.9 Å². The van der Waals surface area contributed by atoms with E-state index in [0.29, 0.717) is 59.9 Å². The van der Waals surface area contributed by atoms with E-state index in [9.17, 15) is 77.3 Å². The number of aromatic hydroxyl groups is 1. The Hall–Kier alpha value is -15.8. The van der Waals surface area contributed by atoms with Gasteiger partial charge in [0.05, 0.1) is 29.8 Å². The Morgan fingerprint density at radius 1 is 0.552 bits per heavy atom. The lowest BCUT2D eigenvalue weighted by Gasteiger charge is -2.34. The highest BCUT2D eigenvalue weighted by Gasteiger charge is 2.37. The van der Waals surface area contributed by atoms with E-state index in [4.69, 9.17) is 52.4 Å². The van der Waals surface area contributed by atoms with Crippen molar-refractivity contribution in [3.63, 3.8) is 0 Å². The highest BCUT2D eigenvalue weighted by molar-refractivity contribution is 6.10. The number of fused-ring (bicyclic) bond motifs is 6. The summed E-state index contributed by atoms with van der Waals surface area (Å²) in [5.41, 5.74) is 25.4. The first-order valence-corrected chi connectivity index (χ1v) is 44.2. The van der Waals surface area contributed by atoms with Gasteiger partial charge in [0, 0.05) is 131 Å². The Morgan fingerprint density at radius 3 is 1.65 bits per heavy atom. The average Bonchev–Trinajstić information content (AvgIpc) is 0.744. The van der Waals surface area contributed by atoms with Crippen LogP contribution >= 0.6 is 0 Å². The number of anilines is 9. The van der Waals surface area contributed by atoms with Crippen molar-refractivity contribution >= 4 is 146 Å². The minimum absolute atomic E-state index is 0.00750. The Balaban J connectivity index is 0.694. The molecule has 6 aliphatic rings. The third-order valence-electron chi connectivity index (χ3n) is 24.2. The van der Waals surface area contributed by atoms with Crippen molar-refractivity contribution in [2.45, 2.75) is 136 Å². The molecule has 0 radical (unpaired) electrons. The number of unbranched alkanes of at least 4 members (excludes halogenated alkanes) is 1. The largest absolute Gasteiger partial charge is 0.508 e. The van der Waals surface area contributed by atoms with Gasteiger partial charge in [0.15, 0.2) is 11.4 Å². The maximum Gasteiger partial charge on any atom is 0.336 e. The fraction of sp³-hybridized carbons (Fsp3) is 0.355. The molecule has 41 nitrogen and oxygen atoms in total. The van der Waals surface area contributed by atoms with Crippen LogP contribution in [0.4, 0.5) is 52.0 Å². The van der Waals surface area contributed by atoms with Gasteiger partial charge in [0.25, 0.3) is 11.8 Å². The number of piperidine rings is 2. The first-order valence-electron chi connectivity index (χ1n) is 44.2. The quantitative estimate of drug-likeness (QED) is 0.0119. The molecule has 1 aliphatic carbocycles. The van der Waals surface area contributed by atoms with Crippen LogP contribution in [0.2, 0.25) is 0 Å². The molecule has 24 N–H and O–H groups in total. The van der Waals surface area contributed by atoms with E-state index in [1.165, 1.54) is 97.1 Å². The molecular weight excluding hydrogens is 1730 g/mol. The van der Waals surface area contributed by atoms with Crippen LogP contribution in [-0.2, 0) is 51.5 Å². The van der Waals surface area contributed by atoms with Crippen LogP contribution in [-0.4, -0.2) is 185 Å². The Morgan fingerprint density at radius 2 is 1.09 bits per heavy atom. The second-order valence-electron chi connectivity index (χ2n) is 33.4. The molecular formula is C93H107N23O18. The minimum atomic E-state index is -1.32. The summed E-state index contributed by atoms with van der Waals surface area (Å²) in [5.74, 6) is -11.2. The second-order valence-corrected chi connectivity index (χ2v) is 33.4. The van der Waals surface area contributed by atoms with Crippen LogP contribution in [0, 0.1) is 29.1 Å². The molecule has 41 heteroatoms. The number of carbonyl (C=O) groups excluding carboxylic acids is 12. The predicted octanol–water partition coefficient (Wildman–Crippen LogP) is 5.78. The van der Waals surface area contributed by atoms with Crippen LogP contribution in [0.3, 0.4) is 0 Å². The highest BCUT2D eigenvalue weighted by Crippen LogP contribution is 2.43. The maximum absolute atomic E-state index is 14.6. The van der Waals surface area contributed by atoms with Crippen LogP contribution in [0.25, 0.3) is 33.4 Å². The van der Waals surface area contributed by atoms with E-state index in [0.717, 1.165) is 0 Å². The molecule has 6 aromatic carbocycles. The van der Waals surface area contributed by atoms with Gasteiger partial charge >= 0.3 is 5.97 Å². The lowest BCUT2D eigenvalue weighted by atomic mass is 9.90. The summed E-state index contributed by atoms with van der Waals surface area (Å²) >= 11 is 0. The third kappa shape index (κ3) is 23.7. The van der Waals surface area contributed by atoms with Crippen molar-refractivity contribution in [3.05, 3.63) is 177 Å². The van der Waals surface area contributed by atoms with Gasteiger partial charge < -0.3 is 121 Å². The van der Waals surface area contributed by atoms with Crippen LogP contribution in [0.5, 0.6) is 11.5 Å². The van der Waals surface area contributed by atoms with Crippen molar-refractivity contribution in [1.29, 1.82) is 5.41 Å². The van der Waals surface area contributed by atoms with Gasteiger partial charge in [-0.2, -0.15) is 15.0 Å². The molecule has 13 rings (SSSR count). The zero-order valence-corrected chi connectivity index (χ0v) is 74.1. The number of nitrogens with one attached hydrogen (secondary N) is 14. The molecule has 0 saturated carbocycles. The molecule has 0 unspecified atom stereocenters. The number of hydrogen-bond donors (Lipinski definition) is 20. The summed E-state index contributed by atoms with van der Waals surface area (Å²) in [6.45, 7) is 7.33. The fourth-order valence-corrected chi connectivity index (χ4v) is 16.3. The first-order chi connectivity index (χ1) is 64.3. The lowest BCUT2D eigenvalue weighted by Crippen LogP contribution is -2.55. The van der Waals surface area contributed by atoms with Crippen molar-refractivity contribution in [2.24, 2.45) is 46.6 Å². The zero-order chi connectivity index (χ0) is 95.7. The smallest absolute Gasteiger partial charge is 0.336 e. The summed E-state index contributed by atoms with van der Waals surface area (Å²) in [6, 6.07) is 26.1. The van der Waals surface area contributed by atoms with E-state index in [-0.39, 0.29) is 210 Å². The Bertz CT molecular complexity index is 6040. The molecule has 2 fully saturated rings. The van der Waals surface area contributed by atoms with Gasteiger partial charge in [-0.25, -0.2) is 4.79 Å². The SMILES string of the molecule is CC[C@H](C)[C@@H]1NC(=O)c2cc(NC(=O)CNC(=O)C3CCN(c4nc(Nc5ccc(-c6c7ccc(=O)cc-7oc7cc(O)ccc67)c(C(=O)O)c5)nc(N5CCC(C(=O)NCC(=O)Nc6ccc7c(c6)C(=O)N[C@@H]([C@@H](C)CC)C(=O)N[C@@H](CCCNC(=N)N)C(=O)Nc6cc(C(N)=O)ccc6CO7)CC5)n4)CC3)ccc2NCc2ccc(C(N)=O)cc2NC(=O)[C@H](CCCCN)NC1=O. The number of benzene rings is 7. The zero-order valence-electron chi connectivity index (χ0n) is 74.1. The molecule has 702 valence electrons. The van der Waals surface area contributed by atoms with Gasteiger partial charge in [-0.05, 0) is 184 Å². The van der Waals surface area contributed by atoms with Gasteiger partial charge in [0.1, 0.15) is 53.6 Å². The molecule has 2 saturated heterocycles. The van der Waals surface area contributed by atoms with Crippen molar-refractivity contribution in [3.8, 4) is 33.9 Å². The van der Waals surface area contributed by atoms with Crippen LogP contribution in [0.15, 0.2) is 137 Å². The summed E-state index contributed by atoms with van der Waals surface area (Å²) in [5, 5.41) is 66.5. The number of amides is 12. The number of nitrogens with zero attached hydrogens (tertiary/aromatic N) is 5. The number of nitrogens with two attached hydrogens (primary N) is 4. The minimum Gasteiger partial charge on any atom is -0.508 e. The number of phenolic OH excluding ortho intramolecular Hbond substituents is 1. The number of aromatic carboxylic acids is 1. The van der Waals surface area contributed by atoms with Gasteiger partial charge in [-0.1, -0.05) is 58.7 Å². The Kier molecular flexibility index (Phi) is 30.9. The molecule has 0 spiro atoms. The van der Waals surface area contributed by atoms with E-state index in [1.54, 1.807) is 44.2 Å². The molecule has 12 amide bonds. The molecule has 1 aromatic heterocycles. The number of rotatable bonds is 28. The number of phenols is 1. The second kappa shape index (κ2) is 43.3. The molecule has 134 heavy (non-hydrogen) atoms. The molecule has 5 aliphatic heterocycles. The number of carbonyl (C=O) groups is 13. The predicted molar refractivity (Wildman–Crippen MR) is 498 cm³/mol. The van der Waals surface area contributed by atoms with Crippen molar-refractivity contribution in [1.82, 2.24) is 52.2 Å². The Labute approximate surface area is 768 Å². The fourth-order valence-electron chi connectivity index (χ4n) is 16.3. The van der Waals surface area contributed by atoms with Crippen molar-refractivity contribution in [2.75, 3.05) is 94.1 Å². The topological polar surface area (TPSA) is 631 Å². The van der Waals surface area contributed by atoms with Crippen LogP contribution < -0.4 is 112 Å². The van der Waals surface area contributed by atoms with E-state index < -0.39 is 138 Å². The van der Waals surface area contributed by atoms with Crippen LogP contribution in [0.1, 0.15) is 161 Å².